The molecule has 1 heterocycles. The second kappa shape index (κ2) is 5.72. The van der Waals surface area contributed by atoms with Crippen LogP contribution in [0.2, 0.25) is 0 Å². The SMILES string of the molecule is CC.CC(C)N1CCN(C)CC1(C)C. The van der Waals surface area contributed by atoms with E-state index in [1.54, 1.807) is 0 Å². The minimum absolute atomic E-state index is 0.348. The van der Waals surface area contributed by atoms with Crippen LogP contribution in [0.25, 0.3) is 0 Å². The van der Waals surface area contributed by atoms with Crippen LogP contribution < -0.4 is 0 Å². The smallest absolute Gasteiger partial charge is 0.0283 e. The van der Waals surface area contributed by atoms with Gasteiger partial charge in [0.2, 0.25) is 0 Å². The van der Waals surface area contributed by atoms with Crippen LogP contribution in [0.3, 0.4) is 0 Å². The van der Waals surface area contributed by atoms with Crippen molar-refractivity contribution in [1.82, 2.24) is 9.80 Å². The zero-order valence-electron chi connectivity index (χ0n) is 11.1. The van der Waals surface area contributed by atoms with Crippen LogP contribution in [-0.4, -0.2) is 48.1 Å². The van der Waals surface area contributed by atoms with Gasteiger partial charge in [-0.05, 0) is 34.7 Å². The monoisotopic (exact) mass is 200 g/mol. The average molecular weight is 200 g/mol. The maximum Gasteiger partial charge on any atom is 0.0283 e. The van der Waals surface area contributed by atoms with Gasteiger partial charge in [-0.15, -0.1) is 0 Å². The first-order chi connectivity index (χ1) is 6.43. The molecule has 1 aliphatic rings. The van der Waals surface area contributed by atoms with E-state index in [2.05, 4.69) is 44.5 Å². The number of hydrogen-bond acceptors (Lipinski definition) is 2. The normalized spacial score (nSPS) is 23.1. The Labute approximate surface area is 90.3 Å². The summed E-state index contributed by atoms with van der Waals surface area (Å²) in [6, 6.07) is 0.675. The van der Waals surface area contributed by atoms with E-state index in [1.165, 1.54) is 19.6 Å². The summed E-state index contributed by atoms with van der Waals surface area (Å²) >= 11 is 0. The van der Waals surface area contributed by atoms with Gasteiger partial charge in [-0.25, -0.2) is 0 Å². The van der Waals surface area contributed by atoms with E-state index in [0.29, 0.717) is 11.6 Å². The topological polar surface area (TPSA) is 6.48 Å². The molecule has 0 aromatic rings. The van der Waals surface area contributed by atoms with Crippen molar-refractivity contribution in [2.24, 2.45) is 0 Å². The van der Waals surface area contributed by atoms with Crippen LogP contribution >= 0.6 is 0 Å². The van der Waals surface area contributed by atoms with Crippen molar-refractivity contribution in [3.8, 4) is 0 Å². The van der Waals surface area contributed by atoms with Crippen molar-refractivity contribution in [3.63, 3.8) is 0 Å². The van der Waals surface area contributed by atoms with Crippen molar-refractivity contribution in [2.45, 2.75) is 53.1 Å². The first kappa shape index (κ1) is 13.9. The molecular weight excluding hydrogens is 172 g/mol. The third kappa shape index (κ3) is 3.58. The predicted molar refractivity (Wildman–Crippen MR) is 64.8 cm³/mol. The second-order valence-electron chi connectivity index (χ2n) is 4.84. The molecule has 2 nitrogen and oxygen atoms in total. The zero-order chi connectivity index (χ0) is 11.4. The molecule has 2 heteroatoms. The van der Waals surface area contributed by atoms with Gasteiger partial charge in [-0.2, -0.15) is 0 Å². The molecule has 0 saturated carbocycles. The zero-order valence-corrected chi connectivity index (χ0v) is 11.1. The molecule has 0 unspecified atom stereocenters. The Balaban J connectivity index is 0.000000791. The first-order valence-corrected chi connectivity index (χ1v) is 5.89. The van der Waals surface area contributed by atoms with E-state index in [0.717, 1.165) is 0 Å². The van der Waals surface area contributed by atoms with Gasteiger partial charge >= 0.3 is 0 Å². The number of hydrogen-bond donors (Lipinski definition) is 0. The summed E-state index contributed by atoms with van der Waals surface area (Å²) < 4.78 is 0. The lowest BCUT2D eigenvalue weighted by molar-refractivity contribution is 0.00876. The van der Waals surface area contributed by atoms with E-state index < -0.39 is 0 Å². The quantitative estimate of drug-likeness (QED) is 0.641. The van der Waals surface area contributed by atoms with Gasteiger partial charge < -0.3 is 4.90 Å². The molecule has 0 amide bonds. The Bertz CT molecular complexity index is 152. The summed E-state index contributed by atoms with van der Waals surface area (Å²) in [5.74, 6) is 0. The number of likely N-dealkylation sites (N-methyl/N-ethyl adjacent to an activating group) is 1. The van der Waals surface area contributed by atoms with Gasteiger partial charge in [0.25, 0.3) is 0 Å². The van der Waals surface area contributed by atoms with Crippen LogP contribution in [0.4, 0.5) is 0 Å². The van der Waals surface area contributed by atoms with Gasteiger partial charge in [0.05, 0.1) is 0 Å². The highest BCUT2D eigenvalue weighted by molar-refractivity contribution is 4.90. The highest BCUT2D eigenvalue weighted by atomic mass is 15.3. The standard InChI is InChI=1S/C10H22N2.C2H6/c1-9(2)12-7-6-11(5)8-10(12,3)4;1-2/h9H,6-8H2,1-5H3;1-2H3. The Morgan fingerprint density at radius 3 is 1.93 bits per heavy atom. The van der Waals surface area contributed by atoms with E-state index in [9.17, 15) is 0 Å². The molecule has 0 bridgehead atoms. The maximum atomic E-state index is 2.59. The van der Waals surface area contributed by atoms with Crippen LogP contribution in [0.5, 0.6) is 0 Å². The molecule has 0 N–H and O–H groups in total. The van der Waals surface area contributed by atoms with Gasteiger partial charge in [-0.1, -0.05) is 13.8 Å². The lowest BCUT2D eigenvalue weighted by Crippen LogP contribution is -2.60. The number of rotatable bonds is 1. The summed E-state index contributed by atoms with van der Waals surface area (Å²) in [5.41, 5.74) is 0.348. The molecule has 0 atom stereocenters. The van der Waals surface area contributed by atoms with Gasteiger partial charge in [0.15, 0.2) is 0 Å². The fourth-order valence-corrected chi connectivity index (χ4v) is 2.37. The van der Waals surface area contributed by atoms with Gasteiger partial charge in [0, 0.05) is 31.2 Å². The summed E-state index contributed by atoms with van der Waals surface area (Å²) in [4.78, 5) is 5.01. The molecule has 1 fully saturated rings. The molecule has 14 heavy (non-hydrogen) atoms. The Kier molecular flexibility index (Phi) is 5.68. The van der Waals surface area contributed by atoms with Crippen molar-refractivity contribution in [3.05, 3.63) is 0 Å². The largest absolute Gasteiger partial charge is 0.303 e. The molecule has 1 rings (SSSR count). The fourth-order valence-electron chi connectivity index (χ4n) is 2.37. The molecule has 0 aliphatic carbocycles. The van der Waals surface area contributed by atoms with E-state index in [4.69, 9.17) is 0 Å². The van der Waals surface area contributed by atoms with Crippen LogP contribution in [0.15, 0.2) is 0 Å². The summed E-state index contributed by atoms with van der Waals surface area (Å²) in [7, 11) is 2.21. The number of piperazine rings is 1. The molecule has 0 radical (unpaired) electrons. The molecule has 1 saturated heterocycles. The molecule has 0 spiro atoms. The summed E-state index contributed by atoms with van der Waals surface area (Å²) in [6.07, 6.45) is 0. The minimum atomic E-state index is 0.348. The van der Waals surface area contributed by atoms with Crippen LogP contribution in [0.1, 0.15) is 41.5 Å². The fraction of sp³-hybridized carbons (Fsp3) is 1.00. The third-order valence-electron chi connectivity index (χ3n) is 2.78. The Morgan fingerprint density at radius 1 is 1.07 bits per heavy atom. The predicted octanol–water partition coefficient (Wildman–Crippen LogP) is 2.45. The van der Waals surface area contributed by atoms with Crippen molar-refractivity contribution >= 4 is 0 Å². The highest BCUT2D eigenvalue weighted by Crippen LogP contribution is 2.21. The van der Waals surface area contributed by atoms with E-state index in [-0.39, 0.29) is 0 Å². The Morgan fingerprint density at radius 2 is 1.57 bits per heavy atom. The van der Waals surface area contributed by atoms with E-state index >= 15 is 0 Å². The van der Waals surface area contributed by atoms with E-state index in [1.807, 2.05) is 13.8 Å². The van der Waals surface area contributed by atoms with Crippen molar-refractivity contribution in [2.75, 3.05) is 26.7 Å². The lowest BCUT2D eigenvalue weighted by atomic mass is 9.97. The number of nitrogens with zero attached hydrogens (tertiary/aromatic N) is 2. The third-order valence-corrected chi connectivity index (χ3v) is 2.78. The van der Waals surface area contributed by atoms with Crippen molar-refractivity contribution < 1.29 is 0 Å². The first-order valence-electron chi connectivity index (χ1n) is 5.89. The summed E-state index contributed by atoms with van der Waals surface area (Å²) in [6.45, 7) is 16.8. The minimum Gasteiger partial charge on any atom is -0.303 e. The molecule has 0 aromatic heterocycles. The van der Waals surface area contributed by atoms with Crippen LogP contribution in [-0.2, 0) is 0 Å². The van der Waals surface area contributed by atoms with Crippen molar-refractivity contribution in [1.29, 1.82) is 0 Å². The van der Waals surface area contributed by atoms with Gasteiger partial charge in [-0.3, -0.25) is 4.90 Å². The molecular formula is C12H28N2. The molecule has 1 aliphatic heterocycles. The molecule has 0 aromatic carbocycles. The van der Waals surface area contributed by atoms with Crippen LogP contribution in [0, 0.1) is 0 Å². The average Bonchev–Trinajstić information content (AvgIpc) is 2.04. The highest BCUT2D eigenvalue weighted by Gasteiger charge is 2.33. The van der Waals surface area contributed by atoms with Gasteiger partial charge in [0.1, 0.15) is 0 Å². The second-order valence-corrected chi connectivity index (χ2v) is 4.84. The Hall–Kier alpha value is -0.0800. The lowest BCUT2D eigenvalue weighted by Gasteiger charge is -2.48. The summed E-state index contributed by atoms with van der Waals surface area (Å²) in [5, 5.41) is 0. The molecule has 86 valence electrons. The maximum absolute atomic E-state index is 2.59.